The van der Waals surface area contributed by atoms with Crippen LogP contribution in [0, 0.1) is 0 Å². The van der Waals surface area contributed by atoms with Crippen LogP contribution in [0.4, 0.5) is 5.69 Å². The minimum Gasteiger partial charge on any atom is -0.504 e. The molecule has 0 fully saturated rings. The third kappa shape index (κ3) is 3.74. The van der Waals surface area contributed by atoms with Crippen LogP contribution >= 0.6 is 0 Å². The standard InChI is InChI=1S/C23H23NO6/c1-5-30-23(27)20-14(2)24(16-9-11-17(28-3)12-10-16)22(26)18(20)13-15-7-6-8-19(29-4)21(15)25/h6-13,25H,5H2,1-4H3/b18-13+. The van der Waals surface area contributed by atoms with Crippen LogP contribution in [0.5, 0.6) is 17.2 Å². The number of methoxy groups -OCH3 is 2. The predicted molar refractivity (Wildman–Crippen MR) is 112 cm³/mol. The molecule has 156 valence electrons. The third-order valence-corrected chi connectivity index (χ3v) is 4.76. The molecule has 0 saturated heterocycles. The molecule has 0 aliphatic carbocycles. The SMILES string of the molecule is CCOC(=O)C1=C(C)N(c2ccc(OC)cc2)C(=O)/C1=C/c1cccc(OC)c1O. The minimum absolute atomic E-state index is 0.121. The van der Waals surface area contributed by atoms with Crippen molar-refractivity contribution in [2.75, 3.05) is 25.7 Å². The average molecular weight is 409 g/mol. The molecule has 7 nitrogen and oxygen atoms in total. The highest BCUT2D eigenvalue weighted by Crippen LogP contribution is 2.38. The molecule has 1 N–H and O–H groups in total. The number of phenolic OH excluding ortho intramolecular Hbond substituents is 1. The Bertz CT molecular complexity index is 1040. The highest BCUT2D eigenvalue weighted by atomic mass is 16.5. The highest BCUT2D eigenvalue weighted by molar-refractivity contribution is 6.24. The predicted octanol–water partition coefficient (Wildman–Crippen LogP) is 3.68. The van der Waals surface area contributed by atoms with Crippen molar-refractivity contribution in [1.82, 2.24) is 0 Å². The second-order valence-electron chi connectivity index (χ2n) is 6.48. The molecule has 0 aromatic heterocycles. The van der Waals surface area contributed by atoms with Gasteiger partial charge in [0.1, 0.15) is 5.75 Å². The highest BCUT2D eigenvalue weighted by Gasteiger charge is 2.38. The molecule has 0 saturated carbocycles. The molecule has 0 bridgehead atoms. The normalized spacial score (nSPS) is 15.0. The van der Waals surface area contributed by atoms with Gasteiger partial charge in [0.25, 0.3) is 5.91 Å². The summed E-state index contributed by atoms with van der Waals surface area (Å²) in [6, 6.07) is 11.8. The molecule has 0 spiro atoms. The zero-order chi connectivity index (χ0) is 21.8. The van der Waals surface area contributed by atoms with Gasteiger partial charge in [-0.3, -0.25) is 9.69 Å². The Balaban J connectivity index is 2.14. The van der Waals surface area contributed by atoms with Crippen LogP contribution in [0.25, 0.3) is 6.08 Å². The van der Waals surface area contributed by atoms with Gasteiger partial charge in [-0.25, -0.2) is 4.79 Å². The summed E-state index contributed by atoms with van der Waals surface area (Å²) in [7, 11) is 2.99. The first-order chi connectivity index (χ1) is 14.4. The van der Waals surface area contributed by atoms with E-state index >= 15 is 0 Å². The lowest BCUT2D eigenvalue weighted by Gasteiger charge is -2.18. The van der Waals surface area contributed by atoms with Gasteiger partial charge >= 0.3 is 5.97 Å². The molecule has 0 atom stereocenters. The van der Waals surface area contributed by atoms with Crippen molar-refractivity contribution < 1.29 is 28.9 Å². The van der Waals surface area contributed by atoms with Gasteiger partial charge < -0.3 is 19.3 Å². The molecule has 7 heteroatoms. The van der Waals surface area contributed by atoms with Gasteiger partial charge in [-0.05, 0) is 50.3 Å². The molecule has 0 unspecified atom stereocenters. The van der Waals surface area contributed by atoms with Crippen molar-refractivity contribution in [1.29, 1.82) is 0 Å². The van der Waals surface area contributed by atoms with Crippen LogP contribution in [0.1, 0.15) is 19.4 Å². The Morgan fingerprint density at radius 1 is 1.10 bits per heavy atom. The maximum Gasteiger partial charge on any atom is 0.340 e. The van der Waals surface area contributed by atoms with E-state index in [4.69, 9.17) is 14.2 Å². The van der Waals surface area contributed by atoms with Crippen molar-refractivity contribution in [3.05, 3.63) is 64.9 Å². The summed E-state index contributed by atoms with van der Waals surface area (Å²) in [5, 5.41) is 10.4. The first-order valence-corrected chi connectivity index (χ1v) is 9.37. The fourth-order valence-electron chi connectivity index (χ4n) is 3.30. The summed E-state index contributed by atoms with van der Waals surface area (Å²) in [6.07, 6.45) is 1.47. The lowest BCUT2D eigenvalue weighted by molar-refractivity contribution is -0.138. The van der Waals surface area contributed by atoms with E-state index in [-0.39, 0.29) is 29.3 Å². The molecule has 3 rings (SSSR count). The molecule has 2 aromatic rings. The summed E-state index contributed by atoms with van der Waals surface area (Å²) in [5.41, 5.74) is 1.66. The van der Waals surface area contributed by atoms with Crippen LogP contribution in [-0.2, 0) is 14.3 Å². The van der Waals surface area contributed by atoms with Gasteiger partial charge in [0.15, 0.2) is 11.5 Å². The van der Waals surface area contributed by atoms with Gasteiger partial charge in [0, 0.05) is 16.9 Å². The number of hydrogen-bond donors (Lipinski definition) is 1. The number of esters is 1. The van der Waals surface area contributed by atoms with Crippen molar-refractivity contribution in [2.45, 2.75) is 13.8 Å². The summed E-state index contributed by atoms with van der Waals surface area (Å²) >= 11 is 0. The van der Waals surface area contributed by atoms with E-state index in [1.165, 1.54) is 18.1 Å². The average Bonchev–Trinajstić information content (AvgIpc) is 2.99. The fourth-order valence-corrected chi connectivity index (χ4v) is 3.30. The number of carbonyl (C=O) groups is 2. The molecular weight excluding hydrogens is 386 g/mol. The second kappa shape index (κ2) is 8.73. The summed E-state index contributed by atoms with van der Waals surface area (Å²) < 4.78 is 15.5. The van der Waals surface area contributed by atoms with Gasteiger partial charge in [0.05, 0.1) is 32.0 Å². The zero-order valence-corrected chi connectivity index (χ0v) is 17.3. The zero-order valence-electron chi connectivity index (χ0n) is 17.3. The smallest absolute Gasteiger partial charge is 0.340 e. The number of amides is 1. The largest absolute Gasteiger partial charge is 0.504 e. The van der Waals surface area contributed by atoms with Crippen molar-refractivity contribution >= 4 is 23.6 Å². The number of nitrogens with zero attached hydrogens (tertiary/aromatic N) is 1. The van der Waals surface area contributed by atoms with Gasteiger partial charge in [-0.15, -0.1) is 0 Å². The van der Waals surface area contributed by atoms with Crippen molar-refractivity contribution in [2.24, 2.45) is 0 Å². The Morgan fingerprint density at radius 3 is 2.40 bits per heavy atom. The third-order valence-electron chi connectivity index (χ3n) is 4.76. The molecule has 30 heavy (non-hydrogen) atoms. The number of hydrogen-bond acceptors (Lipinski definition) is 6. The Labute approximate surface area is 174 Å². The Morgan fingerprint density at radius 2 is 1.80 bits per heavy atom. The number of anilines is 1. The Hall–Kier alpha value is -3.74. The second-order valence-corrected chi connectivity index (χ2v) is 6.48. The van der Waals surface area contributed by atoms with Crippen molar-refractivity contribution in [3.63, 3.8) is 0 Å². The topological polar surface area (TPSA) is 85.3 Å². The number of phenols is 1. The molecule has 1 aliphatic rings. The molecule has 1 heterocycles. The monoisotopic (exact) mass is 409 g/mol. The number of carbonyl (C=O) groups excluding carboxylic acids is 2. The fraction of sp³-hybridized carbons (Fsp3) is 0.217. The van der Waals surface area contributed by atoms with Crippen LogP contribution in [0.3, 0.4) is 0 Å². The van der Waals surface area contributed by atoms with Crippen LogP contribution in [0.15, 0.2) is 59.3 Å². The summed E-state index contributed by atoms with van der Waals surface area (Å²) in [5.74, 6) is -0.213. The molecular formula is C23H23NO6. The summed E-state index contributed by atoms with van der Waals surface area (Å²) in [6.45, 7) is 3.55. The lowest BCUT2D eigenvalue weighted by Crippen LogP contribution is -2.24. The number of allylic oxidation sites excluding steroid dienone is 1. The first kappa shape index (κ1) is 21.0. The van der Waals surface area contributed by atoms with E-state index in [0.29, 0.717) is 22.7 Å². The van der Waals surface area contributed by atoms with Gasteiger partial charge in [0.2, 0.25) is 0 Å². The van der Waals surface area contributed by atoms with Gasteiger partial charge in [-0.1, -0.05) is 12.1 Å². The number of para-hydroxylation sites is 1. The van der Waals surface area contributed by atoms with Crippen LogP contribution < -0.4 is 14.4 Å². The lowest BCUT2D eigenvalue weighted by atomic mass is 10.0. The van der Waals surface area contributed by atoms with E-state index in [0.717, 1.165) is 0 Å². The Kier molecular flexibility index (Phi) is 6.11. The van der Waals surface area contributed by atoms with Gasteiger partial charge in [-0.2, -0.15) is 0 Å². The van der Waals surface area contributed by atoms with Crippen LogP contribution in [0.2, 0.25) is 0 Å². The van der Waals surface area contributed by atoms with E-state index in [2.05, 4.69) is 0 Å². The van der Waals surface area contributed by atoms with E-state index in [1.807, 2.05) is 0 Å². The number of ether oxygens (including phenoxy) is 3. The van der Waals surface area contributed by atoms with E-state index in [1.54, 1.807) is 63.4 Å². The molecule has 1 amide bonds. The van der Waals surface area contributed by atoms with Crippen molar-refractivity contribution in [3.8, 4) is 17.2 Å². The molecule has 2 aromatic carbocycles. The molecule has 1 aliphatic heterocycles. The number of benzene rings is 2. The van der Waals surface area contributed by atoms with Crippen LogP contribution in [-0.4, -0.2) is 37.8 Å². The maximum atomic E-state index is 13.3. The quantitative estimate of drug-likeness (QED) is 0.579. The summed E-state index contributed by atoms with van der Waals surface area (Å²) in [4.78, 5) is 27.4. The van der Waals surface area contributed by atoms with E-state index in [9.17, 15) is 14.7 Å². The minimum atomic E-state index is -0.604. The van der Waals surface area contributed by atoms with E-state index < -0.39 is 11.9 Å². The number of aromatic hydroxyl groups is 1. The molecule has 0 radical (unpaired) electrons. The first-order valence-electron chi connectivity index (χ1n) is 9.37. The maximum absolute atomic E-state index is 13.3. The number of rotatable bonds is 6.